The molecule has 0 N–H and O–H groups in total. The largest absolute Gasteiger partial charge is 0.236 e. The topological polar surface area (TPSA) is 60.5 Å². The fraction of sp³-hybridized carbons (Fsp3) is 0. The predicted molar refractivity (Wildman–Crippen MR) is 113 cm³/mol. The molecule has 0 saturated heterocycles. The van der Waals surface area contributed by atoms with E-state index in [1.807, 2.05) is 36.4 Å². The zero-order valence-corrected chi connectivity index (χ0v) is 15.0. The molecule has 5 rings (SSSR count). The van der Waals surface area contributed by atoms with Gasteiger partial charge in [0.05, 0.1) is 11.1 Å². The molecule has 0 radical (unpaired) electrons. The summed E-state index contributed by atoms with van der Waals surface area (Å²) in [5.41, 5.74) is 1.25. The average molecular weight is 357 g/mol. The molecule has 0 fully saturated rings. The van der Waals surface area contributed by atoms with Gasteiger partial charge in [-0.15, -0.1) is 0 Å². The van der Waals surface area contributed by atoms with Crippen molar-refractivity contribution in [2.75, 3.05) is 0 Å². The van der Waals surface area contributed by atoms with Gasteiger partial charge in [-0.1, -0.05) is 78.9 Å². The lowest BCUT2D eigenvalue weighted by Crippen LogP contribution is -1.89. The van der Waals surface area contributed by atoms with Crippen molar-refractivity contribution in [2.24, 2.45) is 0 Å². The van der Waals surface area contributed by atoms with Crippen LogP contribution in [0, 0.1) is 22.7 Å². The van der Waals surface area contributed by atoms with E-state index in [0.717, 1.165) is 10.9 Å². The number of hydrogen-bond donors (Lipinski definition) is 0. The highest BCUT2D eigenvalue weighted by Crippen LogP contribution is 2.24. The Balaban J connectivity index is 0.000000137. The highest BCUT2D eigenvalue weighted by atomic mass is 14.7. The second kappa shape index (κ2) is 7.58. The quantitative estimate of drug-likeness (QED) is 0.321. The fourth-order valence-electron chi connectivity index (χ4n) is 3.24. The first-order valence-corrected chi connectivity index (χ1v) is 8.86. The molecule has 3 nitrogen and oxygen atoms in total. The molecule has 0 bridgehead atoms. The highest BCUT2D eigenvalue weighted by molar-refractivity contribution is 6.07. The first-order chi connectivity index (χ1) is 13.8. The van der Waals surface area contributed by atoms with Crippen LogP contribution in [-0.2, 0) is 0 Å². The molecule has 4 aromatic carbocycles. The van der Waals surface area contributed by atoms with Crippen molar-refractivity contribution in [1.29, 1.82) is 10.5 Å². The maximum atomic E-state index is 8.77. The zero-order chi connectivity index (χ0) is 19.3. The smallest absolute Gasteiger partial charge is 0.158 e. The highest BCUT2D eigenvalue weighted by Gasteiger charge is 2.04. The lowest BCUT2D eigenvalue weighted by atomic mass is 10.0. The van der Waals surface area contributed by atoms with Crippen molar-refractivity contribution in [3.8, 4) is 12.1 Å². The maximum absolute atomic E-state index is 8.77. The lowest BCUT2D eigenvalue weighted by Gasteiger charge is -2.02. The van der Waals surface area contributed by atoms with Gasteiger partial charge in [-0.2, -0.15) is 10.5 Å². The summed E-state index contributed by atoms with van der Waals surface area (Å²) in [4.78, 5) is 4.08. The van der Waals surface area contributed by atoms with E-state index in [-0.39, 0.29) is 5.69 Å². The normalized spacial score (nSPS) is 10.1. The molecule has 0 unspecified atom stereocenters. The minimum absolute atomic E-state index is 0.186. The van der Waals surface area contributed by atoms with E-state index < -0.39 is 0 Å². The third kappa shape index (κ3) is 3.26. The molecule has 130 valence electrons. The van der Waals surface area contributed by atoms with Crippen LogP contribution in [0.3, 0.4) is 0 Å². The third-order valence-electron chi connectivity index (χ3n) is 4.60. The second-order valence-corrected chi connectivity index (χ2v) is 6.31. The van der Waals surface area contributed by atoms with Crippen LogP contribution in [0.15, 0.2) is 91.0 Å². The minimum atomic E-state index is 0.186. The van der Waals surface area contributed by atoms with Gasteiger partial charge in [0.15, 0.2) is 5.69 Å². The summed E-state index contributed by atoms with van der Waals surface area (Å²) in [6.07, 6.45) is 0. The van der Waals surface area contributed by atoms with Crippen LogP contribution in [0.2, 0.25) is 0 Å². The van der Waals surface area contributed by atoms with Crippen LogP contribution in [0.25, 0.3) is 32.4 Å². The lowest BCUT2D eigenvalue weighted by molar-refractivity contribution is 1.30. The number of para-hydroxylation sites is 1. The molecular weight excluding hydrogens is 342 g/mol. The van der Waals surface area contributed by atoms with Crippen molar-refractivity contribution in [1.82, 2.24) is 4.98 Å². The van der Waals surface area contributed by atoms with E-state index in [1.54, 1.807) is 6.07 Å². The summed E-state index contributed by atoms with van der Waals surface area (Å²) in [6, 6.07) is 34.3. The number of rotatable bonds is 0. The van der Waals surface area contributed by atoms with Crippen molar-refractivity contribution in [2.45, 2.75) is 0 Å². The molecule has 3 heteroatoms. The van der Waals surface area contributed by atoms with Crippen molar-refractivity contribution >= 4 is 32.4 Å². The molecule has 0 aliphatic heterocycles. The summed E-state index contributed by atoms with van der Waals surface area (Å²) >= 11 is 0. The standard InChI is InChI=1S/C14H10.C11H5N3/c1-3-7-13-11(5-1)9-10-12-6-2-4-8-14(12)13;12-6-9-5-8-3-1-2-4-10(8)14-11(9)7-13/h1-10H;1-5H. The molecule has 5 aromatic rings. The Kier molecular flexibility index (Phi) is 4.66. The zero-order valence-electron chi connectivity index (χ0n) is 15.0. The van der Waals surface area contributed by atoms with E-state index in [1.165, 1.54) is 21.5 Å². The molecule has 0 aliphatic rings. The van der Waals surface area contributed by atoms with E-state index >= 15 is 0 Å². The van der Waals surface area contributed by atoms with Crippen LogP contribution in [0.1, 0.15) is 11.3 Å². The van der Waals surface area contributed by atoms with Gasteiger partial charge >= 0.3 is 0 Å². The number of aromatic nitrogens is 1. The van der Waals surface area contributed by atoms with Gasteiger partial charge in [0, 0.05) is 5.39 Å². The molecule has 0 spiro atoms. The van der Waals surface area contributed by atoms with Crippen LogP contribution < -0.4 is 0 Å². The summed E-state index contributed by atoms with van der Waals surface area (Å²) in [5.74, 6) is 0. The summed E-state index contributed by atoms with van der Waals surface area (Å²) < 4.78 is 0. The van der Waals surface area contributed by atoms with Gasteiger partial charge in [-0.25, -0.2) is 4.98 Å². The second-order valence-electron chi connectivity index (χ2n) is 6.31. The van der Waals surface area contributed by atoms with Crippen molar-refractivity contribution in [3.05, 3.63) is 102 Å². The molecule has 0 amide bonds. The van der Waals surface area contributed by atoms with Crippen LogP contribution in [0.4, 0.5) is 0 Å². The molecule has 28 heavy (non-hydrogen) atoms. The Hall–Kier alpha value is -4.21. The average Bonchev–Trinajstić information content (AvgIpc) is 2.78. The van der Waals surface area contributed by atoms with Gasteiger partial charge in [0.1, 0.15) is 12.1 Å². The Morgan fingerprint density at radius 2 is 1.11 bits per heavy atom. The van der Waals surface area contributed by atoms with Gasteiger partial charge in [-0.3, -0.25) is 0 Å². The van der Waals surface area contributed by atoms with E-state index in [4.69, 9.17) is 10.5 Å². The third-order valence-corrected chi connectivity index (χ3v) is 4.60. The first kappa shape index (κ1) is 17.2. The molecule has 1 aromatic heterocycles. The van der Waals surface area contributed by atoms with E-state index in [0.29, 0.717) is 5.56 Å². The van der Waals surface area contributed by atoms with Gasteiger partial charge in [0.2, 0.25) is 0 Å². The van der Waals surface area contributed by atoms with Crippen LogP contribution in [-0.4, -0.2) is 4.98 Å². The summed E-state index contributed by atoms with van der Waals surface area (Å²) in [5, 5.41) is 23.7. The predicted octanol–water partition coefficient (Wildman–Crippen LogP) is 5.97. The number of benzene rings is 4. The molecule has 0 atom stereocenters. The van der Waals surface area contributed by atoms with E-state index in [2.05, 4.69) is 65.6 Å². The first-order valence-electron chi connectivity index (χ1n) is 8.86. The summed E-state index contributed by atoms with van der Waals surface area (Å²) in [6.45, 7) is 0. The molecular formula is C25H15N3. The number of pyridine rings is 1. The number of nitrogens with zero attached hydrogens (tertiary/aromatic N) is 3. The summed E-state index contributed by atoms with van der Waals surface area (Å²) in [7, 11) is 0. The number of fused-ring (bicyclic) bond motifs is 4. The van der Waals surface area contributed by atoms with Gasteiger partial charge < -0.3 is 0 Å². The molecule has 0 saturated carbocycles. The van der Waals surface area contributed by atoms with Gasteiger partial charge in [0.25, 0.3) is 0 Å². The Bertz CT molecular complexity index is 1280. The number of nitriles is 2. The van der Waals surface area contributed by atoms with Gasteiger partial charge in [-0.05, 0) is 33.7 Å². The van der Waals surface area contributed by atoms with Crippen LogP contribution in [0.5, 0.6) is 0 Å². The monoisotopic (exact) mass is 357 g/mol. The Labute approximate surface area is 162 Å². The Morgan fingerprint density at radius 3 is 1.68 bits per heavy atom. The molecule has 0 aliphatic carbocycles. The van der Waals surface area contributed by atoms with E-state index in [9.17, 15) is 0 Å². The minimum Gasteiger partial charge on any atom is -0.236 e. The molecule has 1 heterocycles. The van der Waals surface area contributed by atoms with Crippen LogP contribution >= 0.6 is 0 Å². The fourth-order valence-corrected chi connectivity index (χ4v) is 3.24. The SMILES string of the molecule is N#Cc1cc2ccccc2nc1C#N.c1ccc2c(c1)ccc1ccccc12. The van der Waals surface area contributed by atoms with Crippen molar-refractivity contribution < 1.29 is 0 Å². The number of hydrogen-bond acceptors (Lipinski definition) is 3. The van der Waals surface area contributed by atoms with Crippen molar-refractivity contribution in [3.63, 3.8) is 0 Å². The maximum Gasteiger partial charge on any atom is 0.158 e. The Morgan fingerprint density at radius 1 is 0.571 bits per heavy atom.